The predicted octanol–water partition coefficient (Wildman–Crippen LogP) is 2.40. The highest BCUT2D eigenvalue weighted by Crippen LogP contribution is 2.24. The van der Waals surface area contributed by atoms with Gasteiger partial charge in [-0.15, -0.1) is 0 Å². The van der Waals surface area contributed by atoms with E-state index in [9.17, 15) is 4.79 Å². The molecule has 0 aliphatic carbocycles. The lowest BCUT2D eigenvalue weighted by Crippen LogP contribution is -2.43. The van der Waals surface area contributed by atoms with Crippen molar-refractivity contribution in [3.63, 3.8) is 0 Å². The molecule has 1 N–H and O–H groups in total. The molecule has 1 amide bonds. The van der Waals surface area contributed by atoms with Crippen LogP contribution in [0.25, 0.3) is 11.0 Å². The zero-order chi connectivity index (χ0) is 22.0. The summed E-state index contributed by atoms with van der Waals surface area (Å²) in [5.74, 6) is 0.692. The molecule has 0 spiro atoms. The van der Waals surface area contributed by atoms with E-state index in [0.29, 0.717) is 31.0 Å². The van der Waals surface area contributed by atoms with Gasteiger partial charge in [-0.1, -0.05) is 12.1 Å². The highest BCUT2D eigenvalue weighted by atomic mass is 16.5. The molecule has 1 aliphatic heterocycles. The largest absolute Gasteiger partial charge is 0.497 e. The van der Waals surface area contributed by atoms with Gasteiger partial charge in [0.05, 0.1) is 43.3 Å². The Morgan fingerprint density at radius 3 is 2.58 bits per heavy atom. The van der Waals surface area contributed by atoms with Crippen molar-refractivity contribution in [1.82, 2.24) is 25.0 Å². The Labute approximate surface area is 182 Å². The molecule has 1 aromatic carbocycles. The quantitative estimate of drug-likeness (QED) is 0.656. The molecule has 1 aliphatic rings. The lowest BCUT2D eigenvalue weighted by molar-refractivity contribution is 0.0162. The fourth-order valence-electron chi connectivity index (χ4n) is 4.12. The number of pyridine rings is 1. The van der Waals surface area contributed by atoms with Crippen molar-refractivity contribution in [1.29, 1.82) is 0 Å². The average Bonchev–Trinajstić information content (AvgIpc) is 3.06. The zero-order valence-corrected chi connectivity index (χ0v) is 18.5. The van der Waals surface area contributed by atoms with Gasteiger partial charge in [0.2, 0.25) is 0 Å². The van der Waals surface area contributed by atoms with Crippen LogP contribution in [0.5, 0.6) is 5.75 Å². The molecule has 8 nitrogen and oxygen atoms in total. The summed E-state index contributed by atoms with van der Waals surface area (Å²) in [7, 11) is 3.52. The number of hydrogen-bond acceptors (Lipinski definition) is 6. The molecule has 31 heavy (non-hydrogen) atoms. The number of rotatable bonds is 6. The summed E-state index contributed by atoms with van der Waals surface area (Å²) in [5.41, 5.74) is 4.07. The van der Waals surface area contributed by atoms with Gasteiger partial charge >= 0.3 is 0 Å². The van der Waals surface area contributed by atoms with Gasteiger partial charge in [-0.25, -0.2) is 4.98 Å². The van der Waals surface area contributed by atoms with Crippen molar-refractivity contribution in [2.24, 2.45) is 7.05 Å². The summed E-state index contributed by atoms with van der Waals surface area (Å²) < 4.78 is 12.6. The van der Waals surface area contributed by atoms with E-state index in [4.69, 9.17) is 9.47 Å². The predicted molar refractivity (Wildman–Crippen MR) is 118 cm³/mol. The van der Waals surface area contributed by atoms with Crippen LogP contribution >= 0.6 is 0 Å². The second-order valence-corrected chi connectivity index (χ2v) is 7.85. The third-order valence-corrected chi connectivity index (χ3v) is 5.88. The Kier molecular flexibility index (Phi) is 6.20. The third kappa shape index (κ3) is 4.40. The normalized spacial score (nSPS) is 15.7. The maximum absolute atomic E-state index is 13.1. The Morgan fingerprint density at radius 1 is 1.19 bits per heavy atom. The van der Waals surface area contributed by atoms with Crippen LogP contribution in [-0.2, 0) is 11.8 Å². The van der Waals surface area contributed by atoms with E-state index >= 15 is 0 Å². The van der Waals surface area contributed by atoms with Crippen LogP contribution in [-0.4, -0.2) is 65.5 Å². The van der Waals surface area contributed by atoms with Gasteiger partial charge in [0.15, 0.2) is 5.65 Å². The minimum Gasteiger partial charge on any atom is -0.497 e. The molecule has 1 unspecified atom stereocenters. The number of hydrogen-bond donors (Lipinski definition) is 1. The van der Waals surface area contributed by atoms with Gasteiger partial charge in [0, 0.05) is 32.1 Å². The molecule has 2 aromatic heterocycles. The first-order valence-electron chi connectivity index (χ1n) is 10.5. The molecule has 0 bridgehead atoms. The highest BCUT2D eigenvalue weighted by Gasteiger charge is 2.24. The third-order valence-electron chi connectivity index (χ3n) is 5.88. The lowest BCUT2D eigenvalue weighted by Gasteiger charge is -2.35. The van der Waals surface area contributed by atoms with Crippen LogP contribution in [0.1, 0.15) is 33.4 Å². The summed E-state index contributed by atoms with van der Waals surface area (Å²) in [6.07, 6.45) is 0. The second-order valence-electron chi connectivity index (χ2n) is 7.85. The second kappa shape index (κ2) is 9.03. The number of aromatic nitrogens is 3. The van der Waals surface area contributed by atoms with Crippen molar-refractivity contribution in [3.8, 4) is 5.75 Å². The number of benzene rings is 1. The van der Waals surface area contributed by atoms with E-state index in [-0.39, 0.29) is 11.9 Å². The standard InChI is InChI=1S/C23H29N5O3/c1-15-20(13-19-16(2)26-27(3)22(19)25-15)23(29)24-14-21(28-9-11-31-12-10-28)17-5-7-18(30-4)8-6-17/h5-8,13,21H,9-12,14H2,1-4H3,(H,24,29). The summed E-state index contributed by atoms with van der Waals surface area (Å²) in [6.45, 7) is 7.33. The first kappa shape index (κ1) is 21.3. The topological polar surface area (TPSA) is 81.5 Å². The first-order chi connectivity index (χ1) is 15.0. The van der Waals surface area contributed by atoms with E-state index in [1.165, 1.54) is 0 Å². The van der Waals surface area contributed by atoms with Crippen molar-refractivity contribution >= 4 is 16.9 Å². The number of nitrogens with zero attached hydrogens (tertiary/aromatic N) is 4. The molecule has 3 heterocycles. The Morgan fingerprint density at radius 2 is 1.90 bits per heavy atom. The Hall–Kier alpha value is -2.97. The number of methoxy groups -OCH3 is 1. The minimum atomic E-state index is -0.123. The van der Waals surface area contributed by atoms with E-state index in [2.05, 4.69) is 32.4 Å². The number of amides is 1. The Balaban J connectivity index is 1.56. The number of nitrogens with one attached hydrogen (secondary N) is 1. The monoisotopic (exact) mass is 423 g/mol. The average molecular weight is 424 g/mol. The van der Waals surface area contributed by atoms with E-state index in [0.717, 1.165) is 41.1 Å². The van der Waals surface area contributed by atoms with Gasteiger partial charge in [-0.3, -0.25) is 14.4 Å². The van der Waals surface area contributed by atoms with Gasteiger partial charge in [0.1, 0.15) is 5.75 Å². The first-order valence-corrected chi connectivity index (χ1v) is 10.5. The van der Waals surface area contributed by atoms with Crippen LogP contribution in [0, 0.1) is 13.8 Å². The van der Waals surface area contributed by atoms with Crippen LogP contribution in [0.4, 0.5) is 0 Å². The number of aryl methyl sites for hydroxylation is 3. The van der Waals surface area contributed by atoms with Crippen molar-refractivity contribution in [2.45, 2.75) is 19.9 Å². The number of morpholine rings is 1. The van der Waals surface area contributed by atoms with Crippen LogP contribution < -0.4 is 10.1 Å². The molecule has 3 aromatic rings. The zero-order valence-electron chi connectivity index (χ0n) is 18.5. The minimum absolute atomic E-state index is 0.0517. The van der Waals surface area contributed by atoms with Gasteiger partial charge in [0.25, 0.3) is 5.91 Å². The fraction of sp³-hybridized carbons (Fsp3) is 0.435. The smallest absolute Gasteiger partial charge is 0.253 e. The van der Waals surface area contributed by atoms with E-state index in [1.54, 1.807) is 11.8 Å². The molecular formula is C23H29N5O3. The van der Waals surface area contributed by atoms with Gasteiger partial charge in [-0.2, -0.15) is 5.10 Å². The van der Waals surface area contributed by atoms with Crippen molar-refractivity contribution in [2.75, 3.05) is 40.0 Å². The van der Waals surface area contributed by atoms with E-state index < -0.39 is 0 Å². The summed E-state index contributed by atoms with van der Waals surface area (Å²) in [4.78, 5) is 20.1. The highest BCUT2D eigenvalue weighted by molar-refractivity contribution is 5.98. The number of fused-ring (bicyclic) bond motifs is 1. The van der Waals surface area contributed by atoms with Crippen LogP contribution in [0.2, 0.25) is 0 Å². The molecule has 0 saturated carbocycles. The lowest BCUT2D eigenvalue weighted by atomic mass is 10.0. The molecule has 8 heteroatoms. The number of ether oxygens (including phenoxy) is 2. The molecule has 1 saturated heterocycles. The summed E-state index contributed by atoms with van der Waals surface area (Å²) in [6, 6.07) is 9.98. The maximum atomic E-state index is 13.1. The van der Waals surface area contributed by atoms with Gasteiger partial charge in [-0.05, 0) is 37.6 Å². The van der Waals surface area contributed by atoms with Crippen molar-refractivity contribution < 1.29 is 14.3 Å². The van der Waals surface area contributed by atoms with Crippen molar-refractivity contribution in [3.05, 3.63) is 52.8 Å². The fourth-order valence-corrected chi connectivity index (χ4v) is 4.12. The van der Waals surface area contributed by atoms with Crippen LogP contribution in [0.3, 0.4) is 0 Å². The SMILES string of the molecule is COc1ccc(C(CNC(=O)c2cc3c(C)nn(C)c3nc2C)N2CCOCC2)cc1. The van der Waals surface area contributed by atoms with E-state index in [1.807, 2.05) is 39.1 Å². The maximum Gasteiger partial charge on any atom is 0.253 e. The summed E-state index contributed by atoms with van der Waals surface area (Å²) in [5, 5.41) is 8.45. The molecule has 164 valence electrons. The summed E-state index contributed by atoms with van der Waals surface area (Å²) >= 11 is 0. The number of carbonyl (C=O) groups is 1. The van der Waals surface area contributed by atoms with Crippen LogP contribution in [0.15, 0.2) is 30.3 Å². The molecule has 1 fully saturated rings. The molecule has 4 rings (SSSR count). The molecule has 1 atom stereocenters. The molecular weight excluding hydrogens is 394 g/mol. The molecule has 0 radical (unpaired) electrons. The van der Waals surface area contributed by atoms with Gasteiger partial charge < -0.3 is 14.8 Å². The Bertz CT molecular complexity index is 1070. The number of carbonyl (C=O) groups excluding carboxylic acids is 1.